The molecule has 0 fully saturated rings. The Hall–Kier alpha value is -0.830. The zero-order valence-corrected chi connectivity index (χ0v) is 9.65. The van der Waals surface area contributed by atoms with E-state index in [4.69, 9.17) is 4.74 Å². The Bertz CT molecular complexity index is 351. The molecule has 0 aliphatic carbocycles. The lowest BCUT2D eigenvalue weighted by Gasteiger charge is -2.29. The van der Waals surface area contributed by atoms with Crippen LogP contribution < -0.4 is 9.64 Å². The van der Waals surface area contributed by atoms with E-state index in [1.54, 1.807) is 7.11 Å². The number of rotatable bonds is 1. The van der Waals surface area contributed by atoms with E-state index in [1.807, 2.05) is 11.8 Å². The van der Waals surface area contributed by atoms with Crippen molar-refractivity contribution in [1.82, 2.24) is 0 Å². The number of benzene rings is 1. The molecule has 0 aromatic heterocycles. The summed E-state index contributed by atoms with van der Waals surface area (Å²) in [7, 11) is 3.86. The van der Waals surface area contributed by atoms with Gasteiger partial charge < -0.3 is 9.64 Å². The average Bonchev–Trinajstić information content (AvgIpc) is 2.20. The van der Waals surface area contributed by atoms with Gasteiger partial charge in [-0.1, -0.05) is 6.07 Å². The SMILES string of the molecule is COc1ccc(C)c2c1N(C)CCS2. The Balaban J connectivity index is 2.58. The Labute approximate surface area is 89.2 Å². The van der Waals surface area contributed by atoms with Crippen molar-refractivity contribution in [3.05, 3.63) is 17.7 Å². The van der Waals surface area contributed by atoms with Crippen molar-refractivity contribution in [2.24, 2.45) is 0 Å². The molecule has 1 heterocycles. The van der Waals surface area contributed by atoms with Gasteiger partial charge in [0.2, 0.25) is 0 Å². The predicted molar refractivity (Wildman–Crippen MR) is 61.7 cm³/mol. The highest BCUT2D eigenvalue weighted by Crippen LogP contribution is 2.42. The van der Waals surface area contributed by atoms with Crippen LogP contribution in [0.5, 0.6) is 5.75 Å². The third-order valence-electron chi connectivity index (χ3n) is 2.57. The van der Waals surface area contributed by atoms with Gasteiger partial charge in [-0.15, -0.1) is 11.8 Å². The molecule has 0 amide bonds. The molecule has 1 aromatic carbocycles. The smallest absolute Gasteiger partial charge is 0.143 e. The molecule has 0 atom stereocenters. The Kier molecular flexibility index (Phi) is 2.59. The van der Waals surface area contributed by atoms with E-state index in [0.717, 1.165) is 18.0 Å². The fraction of sp³-hybridized carbons (Fsp3) is 0.455. The fourth-order valence-corrected chi connectivity index (χ4v) is 3.02. The minimum absolute atomic E-state index is 0.986. The van der Waals surface area contributed by atoms with E-state index in [2.05, 4.69) is 31.0 Å². The number of hydrogen-bond donors (Lipinski definition) is 0. The molecule has 0 N–H and O–H groups in total. The highest BCUT2D eigenvalue weighted by Gasteiger charge is 2.20. The summed E-state index contributed by atoms with van der Waals surface area (Å²) >= 11 is 1.93. The average molecular weight is 209 g/mol. The van der Waals surface area contributed by atoms with Crippen LogP contribution in [0.4, 0.5) is 5.69 Å². The highest BCUT2D eigenvalue weighted by molar-refractivity contribution is 7.99. The standard InChI is InChI=1S/C11H15NOS/c1-8-4-5-9(13-3)10-11(8)14-7-6-12(10)2/h4-5H,6-7H2,1-3H3. The molecular formula is C11H15NOS. The Morgan fingerprint density at radius 2 is 2.21 bits per heavy atom. The van der Waals surface area contributed by atoms with Crippen LogP contribution in [0, 0.1) is 6.92 Å². The van der Waals surface area contributed by atoms with Crippen LogP contribution in [0.3, 0.4) is 0 Å². The zero-order chi connectivity index (χ0) is 10.1. The number of methoxy groups -OCH3 is 1. The molecule has 1 aromatic rings. The third kappa shape index (κ3) is 1.46. The maximum absolute atomic E-state index is 5.38. The minimum atomic E-state index is 0.986. The van der Waals surface area contributed by atoms with Gasteiger partial charge in [0.25, 0.3) is 0 Å². The number of fused-ring (bicyclic) bond motifs is 1. The maximum Gasteiger partial charge on any atom is 0.143 e. The molecule has 0 radical (unpaired) electrons. The molecule has 14 heavy (non-hydrogen) atoms. The zero-order valence-electron chi connectivity index (χ0n) is 8.83. The van der Waals surface area contributed by atoms with Crippen LogP contribution in [0.15, 0.2) is 17.0 Å². The monoisotopic (exact) mass is 209 g/mol. The van der Waals surface area contributed by atoms with Crippen molar-refractivity contribution in [3.8, 4) is 5.75 Å². The third-order valence-corrected chi connectivity index (χ3v) is 3.76. The Morgan fingerprint density at radius 1 is 1.43 bits per heavy atom. The number of thioether (sulfide) groups is 1. The summed E-state index contributed by atoms with van der Waals surface area (Å²) in [5, 5.41) is 0. The predicted octanol–water partition coefficient (Wildman–Crippen LogP) is 2.55. The summed E-state index contributed by atoms with van der Waals surface area (Å²) in [5.74, 6) is 2.15. The summed E-state index contributed by atoms with van der Waals surface area (Å²) in [6, 6.07) is 4.18. The second-order valence-corrected chi connectivity index (χ2v) is 4.64. The maximum atomic E-state index is 5.38. The lowest BCUT2D eigenvalue weighted by molar-refractivity contribution is 0.413. The van der Waals surface area contributed by atoms with E-state index in [9.17, 15) is 0 Å². The first-order valence-corrected chi connectivity index (χ1v) is 5.74. The number of anilines is 1. The van der Waals surface area contributed by atoms with Gasteiger partial charge in [-0.05, 0) is 18.6 Å². The molecule has 2 nitrogen and oxygen atoms in total. The fourth-order valence-electron chi connectivity index (χ4n) is 1.76. The summed E-state index contributed by atoms with van der Waals surface area (Å²) in [6.45, 7) is 3.25. The molecule has 2 rings (SSSR count). The molecule has 0 unspecified atom stereocenters. The van der Waals surface area contributed by atoms with E-state index in [-0.39, 0.29) is 0 Å². The van der Waals surface area contributed by atoms with E-state index in [0.29, 0.717) is 0 Å². The molecular weight excluding hydrogens is 194 g/mol. The first-order chi connectivity index (χ1) is 6.74. The lowest BCUT2D eigenvalue weighted by atomic mass is 10.2. The van der Waals surface area contributed by atoms with Gasteiger partial charge in [-0.3, -0.25) is 0 Å². The Morgan fingerprint density at radius 3 is 2.93 bits per heavy atom. The van der Waals surface area contributed by atoms with Crippen LogP contribution in [0.25, 0.3) is 0 Å². The van der Waals surface area contributed by atoms with Gasteiger partial charge in [0.1, 0.15) is 5.75 Å². The summed E-state index contributed by atoms with van der Waals surface area (Å²) in [4.78, 5) is 3.65. The molecule has 0 saturated carbocycles. The van der Waals surface area contributed by atoms with Crippen LogP contribution in [0.2, 0.25) is 0 Å². The van der Waals surface area contributed by atoms with Crippen molar-refractivity contribution >= 4 is 17.4 Å². The quantitative estimate of drug-likeness (QED) is 0.705. The summed E-state index contributed by atoms with van der Waals surface area (Å²) in [5.41, 5.74) is 2.60. The van der Waals surface area contributed by atoms with Crippen molar-refractivity contribution in [2.75, 3.05) is 31.4 Å². The molecule has 3 heteroatoms. The number of hydrogen-bond acceptors (Lipinski definition) is 3. The molecule has 1 aliphatic rings. The normalized spacial score (nSPS) is 15.2. The van der Waals surface area contributed by atoms with Crippen molar-refractivity contribution in [2.45, 2.75) is 11.8 Å². The molecule has 1 aliphatic heterocycles. The van der Waals surface area contributed by atoms with Gasteiger partial charge in [0, 0.05) is 24.2 Å². The number of ether oxygens (including phenoxy) is 1. The van der Waals surface area contributed by atoms with Crippen LogP contribution in [0.1, 0.15) is 5.56 Å². The number of aryl methyl sites for hydroxylation is 1. The summed E-state index contributed by atoms with van der Waals surface area (Å²) < 4.78 is 5.38. The van der Waals surface area contributed by atoms with E-state index < -0.39 is 0 Å². The van der Waals surface area contributed by atoms with Crippen LogP contribution >= 0.6 is 11.8 Å². The van der Waals surface area contributed by atoms with Gasteiger partial charge in [0.15, 0.2) is 0 Å². The van der Waals surface area contributed by atoms with E-state index in [1.165, 1.54) is 16.1 Å². The van der Waals surface area contributed by atoms with E-state index >= 15 is 0 Å². The van der Waals surface area contributed by atoms with Gasteiger partial charge in [-0.2, -0.15) is 0 Å². The highest BCUT2D eigenvalue weighted by atomic mass is 32.2. The lowest BCUT2D eigenvalue weighted by Crippen LogP contribution is -2.25. The van der Waals surface area contributed by atoms with Crippen molar-refractivity contribution < 1.29 is 4.74 Å². The van der Waals surface area contributed by atoms with Crippen LogP contribution in [-0.4, -0.2) is 26.5 Å². The molecule has 0 spiro atoms. The molecule has 0 bridgehead atoms. The second kappa shape index (κ2) is 3.73. The second-order valence-electron chi connectivity index (χ2n) is 3.53. The van der Waals surface area contributed by atoms with Crippen molar-refractivity contribution in [3.63, 3.8) is 0 Å². The number of nitrogens with zero attached hydrogens (tertiary/aromatic N) is 1. The minimum Gasteiger partial charge on any atom is -0.495 e. The van der Waals surface area contributed by atoms with Gasteiger partial charge in [0.05, 0.1) is 12.8 Å². The first kappa shape index (κ1) is 9.71. The van der Waals surface area contributed by atoms with Gasteiger partial charge >= 0.3 is 0 Å². The molecule has 76 valence electrons. The largest absolute Gasteiger partial charge is 0.495 e. The summed E-state index contributed by atoms with van der Waals surface area (Å²) in [6.07, 6.45) is 0. The topological polar surface area (TPSA) is 12.5 Å². The first-order valence-electron chi connectivity index (χ1n) is 4.75. The van der Waals surface area contributed by atoms with Crippen molar-refractivity contribution in [1.29, 1.82) is 0 Å². The van der Waals surface area contributed by atoms with Gasteiger partial charge in [-0.25, -0.2) is 0 Å². The molecule has 0 saturated heterocycles. The van der Waals surface area contributed by atoms with Crippen LogP contribution in [-0.2, 0) is 0 Å².